The predicted molar refractivity (Wildman–Crippen MR) is 155 cm³/mol. The van der Waals surface area contributed by atoms with Gasteiger partial charge >= 0.3 is 5.97 Å². The molecule has 0 bridgehead atoms. The summed E-state index contributed by atoms with van der Waals surface area (Å²) >= 11 is 3.67. The number of methoxy groups -OCH3 is 4. The van der Waals surface area contributed by atoms with Crippen molar-refractivity contribution in [1.29, 1.82) is 0 Å². The summed E-state index contributed by atoms with van der Waals surface area (Å²) in [5.74, 6) is 1.06. The Morgan fingerprint density at radius 3 is 2.23 bits per heavy atom. The molecule has 1 heterocycles. The molecular weight excluding hydrogens is 578 g/mol. The highest BCUT2D eigenvalue weighted by Crippen LogP contribution is 2.49. The number of Topliss-reactive ketones (excluding diaryl/α,β-unsaturated/α-hetero) is 1. The highest BCUT2D eigenvalue weighted by Gasteiger charge is 2.42. The third kappa shape index (κ3) is 5.57. The number of esters is 1. The maximum atomic E-state index is 14.0. The van der Waals surface area contributed by atoms with E-state index in [1.165, 1.54) is 0 Å². The Balaban J connectivity index is 1.84. The minimum atomic E-state index is -0.652. The smallest absolute Gasteiger partial charge is 0.337 e. The van der Waals surface area contributed by atoms with E-state index < -0.39 is 11.9 Å². The topological polar surface area (TPSA) is 92.3 Å². The van der Waals surface area contributed by atoms with Gasteiger partial charge in [0.2, 0.25) is 0 Å². The number of ether oxygens (including phenoxy) is 5. The summed E-state index contributed by atoms with van der Waals surface area (Å²) < 4.78 is 28.4. The summed E-state index contributed by atoms with van der Waals surface area (Å²) in [5, 5.41) is 3.40. The minimum Gasteiger partial charge on any atom is -0.493 e. The van der Waals surface area contributed by atoms with Crippen molar-refractivity contribution < 1.29 is 33.3 Å². The van der Waals surface area contributed by atoms with Gasteiger partial charge in [0.05, 0.1) is 40.1 Å². The quantitative estimate of drug-likeness (QED) is 0.335. The first kappa shape index (κ1) is 29.5. The van der Waals surface area contributed by atoms with Crippen molar-refractivity contribution in [2.45, 2.75) is 58.0 Å². The highest BCUT2D eigenvalue weighted by molar-refractivity contribution is 9.10. The van der Waals surface area contributed by atoms with Crippen LogP contribution in [0, 0.1) is 0 Å². The molecule has 9 heteroatoms. The molecule has 0 unspecified atom stereocenters. The van der Waals surface area contributed by atoms with Crippen molar-refractivity contribution in [3.05, 3.63) is 68.5 Å². The van der Waals surface area contributed by atoms with E-state index in [2.05, 4.69) is 21.2 Å². The Bertz CT molecular complexity index is 1380. The van der Waals surface area contributed by atoms with Crippen LogP contribution in [0.2, 0.25) is 0 Å². The van der Waals surface area contributed by atoms with Crippen molar-refractivity contribution in [3.63, 3.8) is 0 Å². The van der Waals surface area contributed by atoms with E-state index in [0.717, 1.165) is 16.8 Å². The normalized spacial score (nSPS) is 19.4. The van der Waals surface area contributed by atoms with Gasteiger partial charge in [-0.1, -0.05) is 28.9 Å². The van der Waals surface area contributed by atoms with Crippen LogP contribution in [0.5, 0.6) is 23.0 Å². The van der Waals surface area contributed by atoms with Crippen LogP contribution in [0.15, 0.2) is 57.3 Å². The highest BCUT2D eigenvalue weighted by atomic mass is 79.9. The number of allylic oxidation sites excluding steroid dienone is 3. The molecular formula is C31H36BrNO7. The Hall–Kier alpha value is -3.46. The molecule has 0 fully saturated rings. The maximum absolute atomic E-state index is 14.0. The number of nitrogens with one attached hydrogen (secondary N) is 1. The average Bonchev–Trinajstić information content (AvgIpc) is 2.95. The van der Waals surface area contributed by atoms with Crippen molar-refractivity contribution in [2.24, 2.45) is 0 Å². The first-order valence-corrected chi connectivity index (χ1v) is 14.0. The van der Waals surface area contributed by atoms with E-state index in [1.54, 1.807) is 34.5 Å². The lowest BCUT2D eigenvalue weighted by Gasteiger charge is -2.37. The van der Waals surface area contributed by atoms with E-state index in [4.69, 9.17) is 23.7 Å². The number of dihydropyridines is 1. The molecule has 2 aliphatic rings. The summed E-state index contributed by atoms with van der Waals surface area (Å²) in [7, 11) is 6.31. The summed E-state index contributed by atoms with van der Waals surface area (Å²) in [6, 6.07) is 9.36. The molecule has 0 saturated carbocycles. The van der Waals surface area contributed by atoms with Crippen molar-refractivity contribution in [1.82, 2.24) is 5.32 Å². The van der Waals surface area contributed by atoms with Crippen LogP contribution in [0.1, 0.15) is 63.0 Å². The van der Waals surface area contributed by atoms with Gasteiger partial charge in [-0.2, -0.15) is 0 Å². The fourth-order valence-corrected chi connectivity index (χ4v) is 5.94. The molecule has 3 atom stereocenters. The van der Waals surface area contributed by atoms with Crippen LogP contribution in [0.3, 0.4) is 0 Å². The molecule has 2 aromatic rings. The number of carbonyl (C=O) groups is 2. The van der Waals surface area contributed by atoms with Crippen molar-refractivity contribution in [2.75, 3.05) is 28.4 Å². The fraction of sp³-hybridized carbons (Fsp3) is 0.419. The molecule has 214 valence electrons. The van der Waals surface area contributed by atoms with Gasteiger partial charge in [-0.3, -0.25) is 4.79 Å². The van der Waals surface area contributed by atoms with Gasteiger partial charge in [-0.25, -0.2) is 4.79 Å². The van der Waals surface area contributed by atoms with Gasteiger partial charge in [0.25, 0.3) is 0 Å². The Labute approximate surface area is 243 Å². The molecule has 4 rings (SSSR count). The van der Waals surface area contributed by atoms with Gasteiger partial charge < -0.3 is 29.0 Å². The number of ketones is 1. The molecule has 0 radical (unpaired) electrons. The second-order valence-corrected chi connectivity index (χ2v) is 10.8. The van der Waals surface area contributed by atoms with Crippen LogP contribution < -0.4 is 24.3 Å². The van der Waals surface area contributed by atoms with Gasteiger partial charge in [0.15, 0.2) is 28.8 Å². The number of rotatable bonds is 9. The lowest BCUT2D eigenvalue weighted by Crippen LogP contribution is -2.36. The van der Waals surface area contributed by atoms with Gasteiger partial charge in [-0.15, -0.1) is 0 Å². The van der Waals surface area contributed by atoms with E-state index in [9.17, 15) is 9.59 Å². The lowest BCUT2D eigenvalue weighted by atomic mass is 9.71. The SMILES string of the molecule is CC[C@@H](C)OC(=O)C1=C(C)NC2=C(C(=O)C[C@H](c3ccc(OC)c(OC)c3)C2)[C@H]1c1cc(OC)c(OC)cc1Br. The number of halogens is 1. The molecule has 1 aliphatic carbocycles. The zero-order chi connectivity index (χ0) is 29.1. The van der Waals surface area contributed by atoms with Crippen LogP contribution in [0.4, 0.5) is 0 Å². The average molecular weight is 615 g/mol. The van der Waals surface area contributed by atoms with Crippen LogP contribution in [-0.4, -0.2) is 46.3 Å². The van der Waals surface area contributed by atoms with Crippen molar-refractivity contribution >= 4 is 27.7 Å². The van der Waals surface area contributed by atoms with Gasteiger partial charge in [0.1, 0.15) is 0 Å². The molecule has 40 heavy (non-hydrogen) atoms. The molecule has 0 spiro atoms. The molecule has 2 aromatic carbocycles. The molecule has 0 saturated heterocycles. The summed E-state index contributed by atoms with van der Waals surface area (Å²) in [6.45, 7) is 5.67. The summed E-state index contributed by atoms with van der Waals surface area (Å²) in [5.41, 5.74) is 4.11. The molecule has 0 amide bonds. The number of benzene rings is 2. The first-order valence-electron chi connectivity index (χ1n) is 13.3. The van der Waals surface area contributed by atoms with E-state index in [0.29, 0.717) is 57.2 Å². The number of hydrogen-bond acceptors (Lipinski definition) is 8. The Kier molecular flexibility index (Phi) is 9.13. The van der Waals surface area contributed by atoms with Crippen LogP contribution in [-0.2, 0) is 14.3 Å². The van der Waals surface area contributed by atoms with Gasteiger partial charge in [-0.05, 0) is 68.0 Å². The predicted octanol–water partition coefficient (Wildman–Crippen LogP) is 6.19. The van der Waals surface area contributed by atoms with Crippen LogP contribution >= 0.6 is 15.9 Å². The Morgan fingerprint density at radius 1 is 0.975 bits per heavy atom. The third-order valence-electron chi connectivity index (χ3n) is 7.62. The van der Waals surface area contributed by atoms with Gasteiger partial charge in [0, 0.05) is 33.8 Å². The van der Waals surface area contributed by atoms with E-state index in [1.807, 2.05) is 45.0 Å². The largest absolute Gasteiger partial charge is 0.493 e. The molecule has 1 aliphatic heterocycles. The maximum Gasteiger partial charge on any atom is 0.337 e. The molecule has 0 aromatic heterocycles. The van der Waals surface area contributed by atoms with E-state index >= 15 is 0 Å². The van der Waals surface area contributed by atoms with Crippen LogP contribution in [0.25, 0.3) is 0 Å². The Morgan fingerprint density at radius 2 is 1.60 bits per heavy atom. The molecule has 8 nitrogen and oxygen atoms in total. The summed E-state index contributed by atoms with van der Waals surface area (Å²) in [6.07, 6.45) is 1.28. The monoisotopic (exact) mass is 613 g/mol. The first-order chi connectivity index (χ1) is 19.2. The van der Waals surface area contributed by atoms with Crippen molar-refractivity contribution in [3.8, 4) is 23.0 Å². The molecule has 1 N–H and O–H groups in total. The second-order valence-electron chi connectivity index (χ2n) is 9.98. The fourth-order valence-electron chi connectivity index (χ4n) is 5.38. The number of carbonyl (C=O) groups excluding carboxylic acids is 2. The lowest BCUT2D eigenvalue weighted by molar-refractivity contribution is -0.144. The third-order valence-corrected chi connectivity index (χ3v) is 8.31. The zero-order valence-electron chi connectivity index (χ0n) is 24.0. The van der Waals surface area contributed by atoms with E-state index in [-0.39, 0.29) is 24.2 Å². The minimum absolute atomic E-state index is 0.0402. The standard InChI is InChI=1S/C31H36BrNO7/c1-8-16(2)40-31(35)28-17(3)33-22-11-19(18-9-10-24(36-4)25(13-18)37-5)12-23(34)30(22)29(28)20-14-26(38-6)27(39-7)15-21(20)32/h9-10,13-16,19,29,33H,8,11-12H2,1-7H3/t16-,19-,29+/m1/s1. The summed E-state index contributed by atoms with van der Waals surface area (Å²) in [4.78, 5) is 27.6. The zero-order valence-corrected chi connectivity index (χ0v) is 25.6. The number of hydrogen-bond donors (Lipinski definition) is 1. The second kappa shape index (κ2) is 12.4.